The second kappa shape index (κ2) is 10.3. The lowest BCUT2D eigenvalue weighted by atomic mass is 9.74. The molecule has 2 aliphatic heterocycles. The van der Waals surface area contributed by atoms with Crippen LogP contribution in [-0.4, -0.2) is 63.3 Å². The van der Waals surface area contributed by atoms with Gasteiger partial charge in [0, 0.05) is 50.3 Å². The summed E-state index contributed by atoms with van der Waals surface area (Å²) in [7, 11) is 1.81. The minimum atomic E-state index is -0.0741. The van der Waals surface area contributed by atoms with Crippen molar-refractivity contribution in [3.63, 3.8) is 0 Å². The van der Waals surface area contributed by atoms with Crippen molar-refractivity contribution in [2.75, 3.05) is 46.5 Å². The molecule has 2 fully saturated rings. The number of rotatable bonds is 5. The van der Waals surface area contributed by atoms with Gasteiger partial charge in [0.25, 0.3) is 0 Å². The van der Waals surface area contributed by atoms with Crippen molar-refractivity contribution in [1.29, 1.82) is 0 Å². The van der Waals surface area contributed by atoms with Gasteiger partial charge in [0.05, 0.1) is 12.5 Å². The highest BCUT2D eigenvalue weighted by Crippen LogP contribution is 2.38. The summed E-state index contributed by atoms with van der Waals surface area (Å²) in [5.41, 5.74) is 1.10. The molecule has 3 rings (SSSR count). The number of benzene rings is 1. The molecule has 2 heterocycles. The number of halogens is 1. The lowest BCUT2D eigenvalue weighted by Crippen LogP contribution is -2.51. The van der Waals surface area contributed by atoms with E-state index < -0.39 is 0 Å². The van der Waals surface area contributed by atoms with Gasteiger partial charge in [0.2, 0.25) is 0 Å². The SMILES string of the molecule is CCOC(=O)C1CCN(C(=NC)NCC2(c3ccccc3Cl)CCOCC2)CC1. The van der Waals surface area contributed by atoms with Gasteiger partial charge in [-0.2, -0.15) is 0 Å². The summed E-state index contributed by atoms with van der Waals surface area (Å²) in [5, 5.41) is 4.40. The molecule has 0 aliphatic carbocycles. The Morgan fingerprint density at radius 1 is 1.31 bits per heavy atom. The van der Waals surface area contributed by atoms with Gasteiger partial charge in [-0.1, -0.05) is 29.8 Å². The molecular formula is C22H32ClN3O3. The van der Waals surface area contributed by atoms with Crippen LogP contribution in [0.3, 0.4) is 0 Å². The van der Waals surface area contributed by atoms with Crippen LogP contribution < -0.4 is 5.32 Å². The van der Waals surface area contributed by atoms with E-state index >= 15 is 0 Å². The molecule has 1 aromatic carbocycles. The summed E-state index contributed by atoms with van der Waals surface area (Å²) in [6.07, 6.45) is 3.43. The Morgan fingerprint density at radius 3 is 2.62 bits per heavy atom. The summed E-state index contributed by atoms with van der Waals surface area (Å²) in [6, 6.07) is 8.11. The normalized spacial score (nSPS) is 20.4. The quantitative estimate of drug-likeness (QED) is 0.449. The molecule has 0 saturated carbocycles. The molecule has 7 heteroatoms. The summed E-state index contributed by atoms with van der Waals surface area (Å²) >= 11 is 6.56. The average Bonchev–Trinajstić information content (AvgIpc) is 2.76. The maximum absolute atomic E-state index is 12.0. The molecule has 29 heavy (non-hydrogen) atoms. The monoisotopic (exact) mass is 421 g/mol. The van der Waals surface area contributed by atoms with E-state index in [0.717, 1.165) is 69.5 Å². The lowest BCUT2D eigenvalue weighted by Gasteiger charge is -2.40. The van der Waals surface area contributed by atoms with Gasteiger partial charge in [-0.15, -0.1) is 0 Å². The molecule has 1 aromatic rings. The Kier molecular flexibility index (Phi) is 7.78. The Bertz CT molecular complexity index is 711. The van der Waals surface area contributed by atoms with Crippen molar-refractivity contribution in [3.05, 3.63) is 34.9 Å². The van der Waals surface area contributed by atoms with Crippen LogP contribution >= 0.6 is 11.6 Å². The largest absolute Gasteiger partial charge is 0.466 e. The topological polar surface area (TPSA) is 63.2 Å². The van der Waals surface area contributed by atoms with Gasteiger partial charge in [-0.25, -0.2) is 0 Å². The molecule has 6 nitrogen and oxygen atoms in total. The Hall–Kier alpha value is -1.79. The number of nitrogens with zero attached hydrogens (tertiary/aromatic N) is 2. The zero-order chi connectivity index (χ0) is 20.7. The zero-order valence-electron chi connectivity index (χ0n) is 17.5. The van der Waals surface area contributed by atoms with Crippen molar-refractivity contribution >= 4 is 23.5 Å². The van der Waals surface area contributed by atoms with E-state index in [2.05, 4.69) is 21.3 Å². The number of esters is 1. The van der Waals surface area contributed by atoms with Crippen molar-refractivity contribution < 1.29 is 14.3 Å². The fourth-order valence-corrected chi connectivity index (χ4v) is 4.70. The highest BCUT2D eigenvalue weighted by molar-refractivity contribution is 6.31. The van der Waals surface area contributed by atoms with E-state index in [-0.39, 0.29) is 17.3 Å². The van der Waals surface area contributed by atoms with Gasteiger partial charge in [-0.05, 0) is 44.2 Å². The molecule has 0 amide bonds. The second-order valence-electron chi connectivity index (χ2n) is 7.79. The minimum absolute atomic E-state index is 0.00531. The molecule has 0 spiro atoms. The fraction of sp³-hybridized carbons (Fsp3) is 0.636. The van der Waals surface area contributed by atoms with Crippen LogP contribution in [0.25, 0.3) is 0 Å². The zero-order valence-corrected chi connectivity index (χ0v) is 18.2. The number of carbonyl (C=O) groups is 1. The average molecular weight is 422 g/mol. The van der Waals surface area contributed by atoms with Crippen LogP contribution in [-0.2, 0) is 19.7 Å². The smallest absolute Gasteiger partial charge is 0.309 e. The summed E-state index contributed by atoms with van der Waals surface area (Å²) in [4.78, 5) is 18.7. The first-order valence-corrected chi connectivity index (χ1v) is 10.9. The van der Waals surface area contributed by atoms with E-state index in [1.54, 1.807) is 0 Å². The molecule has 0 unspecified atom stereocenters. The molecular weight excluding hydrogens is 390 g/mol. The molecule has 2 saturated heterocycles. The maximum Gasteiger partial charge on any atom is 0.309 e. The van der Waals surface area contributed by atoms with Gasteiger partial charge in [-0.3, -0.25) is 9.79 Å². The number of piperidine rings is 1. The Morgan fingerprint density at radius 2 is 2.00 bits per heavy atom. The van der Waals surface area contributed by atoms with Crippen molar-refractivity contribution in [2.24, 2.45) is 10.9 Å². The Balaban J connectivity index is 1.65. The second-order valence-corrected chi connectivity index (χ2v) is 8.19. The van der Waals surface area contributed by atoms with Crippen LogP contribution in [0.15, 0.2) is 29.3 Å². The van der Waals surface area contributed by atoms with Gasteiger partial charge < -0.3 is 19.7 Å². The van der Waals surface area contributed by atoms with E-state index in [9.17, 15) is 4.79 Å². The van der Waals surface area contributed by atoms with Crippen molar-refractivity contribution in [1.82, 2.24) is 10.2 Å². The predicted octanol–water partition coefficient (Wildman–Crippen LogP) is 3.24. The predicted molar refractivity (Wildman–Crippen MR) is 115 cm³/mol. The third-order valence-corrected chi connectivity index (χ3v) is 6.44. The number of aliphatic imine (C=N–C) groups is 1. The number of hydrogen-bond donors (Lipinski definition) is 1. The highest BCUT2D eigenvalue weighted by Gasteiger charge is 2.37. The molecule has 0 aromatic heterocycles. The molecule has 2 aliphatic rings. The number of likely N-dealkylation sites (tertiary alicyclic amines) is 1. The van der Waals surface area contributed by atoms with E-state index in [1.165, 1.54) is 5.56 Å². The minimum Gasteiger partial charge on any atom is -0.466 e. The van der Waals surface area contributed by atoms with Gasteiger partial charge >= 0.3 is 5.97 Å². The van der Waals surface area contributed by atoms with Crippen LogP contribution in [0.5, 0.6) is 0 Å². The number of hydrogen-bond acceptors (Lipinski definition) is 4. The number of nitrogens with one attached hydrogen (secondary N) is 1. The molecule has 0 bridgehead atoms. The first-order chi connectivity index (χ1) is 14.1. The third-order valence-electron chi connectivity index (χ3n) is 6.11. The van der Waals surface area contributed by atoms with Crippen LogP contribution in [0, 0.1) is 5.92 Å². The molecule has 1 N–H and O–H groups in total. The van der Waals surface area contributed by atoms with E-state index in [4.69, 9.17) is 21.1 Å². The molecule has 0 atom stereocenters. The summed E-state index contributed by atoms with van der Waals surface area (Å²) in [6.45, 7) is 6.11. The van der Waals surface area contributed by atoms with Crippen LogP contribution in [0.2, 0.25) is 5.02 Å². The fourth-order valence-electron chi connectivity index (χ4n) is 4.36. The first-order valence-electron chi connectivity index (χ1n) is 10.5. The van der Waals surface area contributed by atoms with E-state index in [0.29, 0.717) is 6.61 Å². The van der Waals surface area contributed by atoms with Crippen LogP contribution in [0.1, 0.15) is 38.2 Å². The van der Waals surface area contributed by atoms with Gasteiger partial charge in [0.15, 0.2) is 5.96 Å². The van der Waals surface area contributed by atoms with Crippen molar-refractivity contribution in [2.45, 2.75) is 38.0 Å². The van der Waals surface area contributed by atoms with E-state index in [1.807, 2.05) is 32.2 Å². The summed E-state index contributed by atoms with van der Waals surface area (Å²) < 4.78 is 10.8. The number of carbonyl (C=O) groups excluding carboxylic acids is 1. The van der Waals surface area contributed by atoms with Crippen molar-refractivity contribution in [3.8, 4) is 0 Å². The first kappa shape index (κ1) is 21.9. The molecule has 0 radical (unpaired) electrons. The Labute approximate surface area is 178 Å². The maximum atomic E-state index is 12.0. The summed E-state index contributed by atoms with van der Waals surface area (Å²) in [5.74, 6) is 0.800. The lowest BCUT2D eigenvalue weighted by molar-refractivity contribution is -0.149. The highest BCUT2D eigenvalue weighted by atomic mass is 35.5. The van der Waals surface area contributed by atoms with Crippen LogP contribution in [0.4, 0.5) is 0 Å². The number of ether oxygens (including phenoxy) is 2. The van der Waals surface area contributed by atoms with Gasteiger partial charge in [0.1, 0.15) is 0 Å². The third kappa shape index (κ3) is 5.23. The number of guanidine groups is 1. The standard InChI is InChI=1S/C22H32ClN3O3/c1-3-29-20(27)17-8-12-26(13-9-17)21(24-2)25-16-22(10-14-28-15-11-22)18-6-4-5-7-19(18)23/h4-7,17H,3,8-16H2,1-2H3,(H,24,25). The molecule has 160 valence electrons.